The van der Waals surface area contributed by atoms with Crippen molar-refractivity contribution in [2.24, 2.45) is 5.92 Å². The molecule has 0 aliphatic carbocycles. The summed E-state index contributed by atoms with van der Waals surface area (Å²) in [5, 5.41) is 25.0. The number of nitrogens with one attached hydrogen (secondary N) is 1. The Morgan fingerprint density at radius 2 is 1.57 bits per heavy atom. The summed E-state index contributed by atoms with van der Waals surface area (Å²) in [7, 11) is 0. The van der Waals surface area contributed by atoms with E-state index in [2.05, 4.69) is 5.32 Å². The minimum absolute atomic E-state index is 0.373. The first-order valence-corrected chi connectivity index (χ1v) is 7.63. The number of halogens is 2. The van der Waals surface area contributed by atoms with E-state index < -0.39 is 17.6 Å². The lowest BCUT2D eigenvalue weighted by atomic mass is 9.72. The van der Waals surface area contributed by atoms with E-state index in [1.54, 1.807) is 12.1 Å². The van der Waals surface area contributed by atoms with Gasteiger partial charge in [-0.25, -0.2) is 8.78 Å². The molecule has 1 aliphatic heterocycles. The predicted molar refractivity (Wildman–Crippen MR) is 82.6 cm³/mol. The summed E-state index contributed by atoms with van der Waals surface area (Å²) in [4.78, 5) is 0. The molecule has 1 fully saturated rings. The zero-order valence-corrected chi connectivity index (χ0v) is 12.5. The van der Waals surface area contributed by atoms with Crippen LogP contribution >= 0.6 is 0 Å². The molecule has 0 radical (unpaired) electrons. The number of piperidine rings is 1. The van der Waals surface area contributed by atoms with E-state index in [-0.39, 0.29) is 11.6 Å². The van der Waals surface area contributed by atoms with Gasteiger partial charge in [-0.2, -0.15) is 0 Å². The van der Waals surface area contributed by atoms with Crippen LogP contribution in [0.1, 0.15) is 23.7 Å². The molecular weight excluding hydrogens is 300 g/mol. The van der Waals surface area contributed by atoms with Crippen molar-refractivity contribution in [2.75, 3.05) is 13.1 Å². The van der Waals surface area contributed by atoms with Crippen molar-refractivity contribution in [3.63, 3.8) is 0 Å². The van der Waals surface area contributed by atoms with Crippen molar-refractivity contribution in [3.8, 4) is 0 Å². The van der Waals surface area contributed by atoms with Crippen molar-refractivity contribution in [3.05, 3.63) is 71.3 Å². The molecule has 1 unspecified atom stereocenters. The van der Waals surface area contributed by atoms with Crippen LogP contribution in [0, 0.1) is 17.6 Å². The minimum atomic E-state index is -1.27. The van der Waals surface area contributed by atoms with Gasteiger partial charge in [-0.05, 0) is 48.4 Å². The normalized spacial score (nSPS) is 26.0. The smallest absolute Gasteiger partial charge is 0.123 e. The fourth-order valence-corrected chi connectivity index (χ4v) is 3.25. The van der Waals surface area contributed by atoms with Gasteiger partial charge in [0.2, 0.25) is 0 Å². The van der Waals surface area contributed by atoms with Crippen LogP contribution in [0.15, 0.2) is 48.5 Å². The van der Waals surface area contributed by atoms with Crippen molar-refractivity contribution < 1.29 is 19.0 Å². The van der Waals surface area contributed by atoms with E-state index >= 15 is 0 Å². The summed E-state index contributed by atoms with van der Waals surface area (Å²) in [6.07, 6.45) is -0.555. The molecule has 0 aromatic heterocycles. The van der Waals surface area contributed by atoms with Gasteiger partial charge in [-0.15, -0.1) is 0 Å². The van der Waals surface area contributed by atoms with Crippen LogP contribution in [0.4, 0.5) is 8.78 Å². The Balaban J connectivity index is 1.94. The van der Waals surface area contributed by atoms with Crippen molar-refractivity contribution in [2.45, 2.75) is 18.1 Å². The molecule has 23 heavy (non-hydrogen) atoms. The van der Waals surface area contributed by atoms with Gasteiger partial charge in [0.25, 0.3) is 0 Å². The van der Waals surface area contributed by atoms with Crippen LogP contribution in [0.3, 0.4) is 0 Å². The quantitative estimate of drug-likeness (QED) is 0.815. The van der Waals surface area contributed by atoms with E-state index in [4.69, 9.17) is 0 Å². The standard InChI is InChI=1S/C18H19F2NO2/c19-14-5-1-12(2-6-14)17(22)16-11-21-10-9-18(16,23)13-3-7-15(20)8-4-13/h1-8,16-17,21-23H,9-11H2/t16-,17?,18+/m1/s1. The largest absolute Gasteiger partial charge is 0.388 e. The lowest BCUT2D eigenvalue weighted by molar-refractivity contribution is -0.0962. The van der Waals surface area contributed by atoms with Gasteiger partial charge < -0.3 is 15.5 Å². The molecule has 3 nitrogen and oxygen atoms in total. The van der Waals surface area contributed by atoms with Gasteiger partial charge in [0.15, 0.2) is 0 Å². The second kappa shape index (κ2) is 6.35. The molecule has 3 rings (SSSR count). The number of aliphatic hydroxyl groups is 2. The van der Waals surface area contributed by atoms with Crippen molar-refractivity contribution in [1.82, 2.24) is 5.32 Å². The molecule has 2 aromatic carbocycles. The van der Waals surface area contributed by atoms with E-state index in [1.807, 2.05) is 0 Å². The molecule has 5 heteroatoms. The zero-order valence-electron chi connectivity index (χ0n) is 12.5. The molecule has 1 aliphatic rings. The second-order valence-corrected chi connectivity index (χ2v) is 5.99. The maximum Gasteiger partial charge on any atom is 0.123 e. The topological polar surface area (TPSA) is 52.5 Å². The fraction of sp³-hybridized carbons (Fsp3) is 0.333. The average Bonchev–Trinajstić information content (AvgIpc) is 2.56. The van der Waals surface area contributed by atoms with Gasteiger partial charge in [0, 0.05) is 12.5 Å². The van der Waals surface area contributed by atoms with Crippen LogP contribution in [0.25, 0.3) is 0 Å². The number of aliphatic hydroxyl groups excluding tert-OH is 1. The van der Waals surface area contributed by atoms with Crippen LogP contribution in [0.5, 0.6) is 0 Å². The number of benzene rings is 2. The fourth-order valence-electron chi connectivity index (χ4n) is 3.25. The molecule has 1 heterocycles. The SMILES string of the molecule is OC(c1ccc(F)cc1)[C@H]1CNCC[C@]1(O)c1ccc(F)cc1. The van der Waals surface area contributed by atoms with Crippen LogP contribution in [-0.4, -0.2) is 23.3 Å². The van der Waals surface area contributed by atoms with E-state index in [1.165, 1.54) is 36.4 Å². The van der Waals surface area contributed by atoms with Crippen molar-refractivity contribution >= 4 is 0 Å². The Bertz CT molecular complexity index is 660. The predicted octanol–water partition coefficient (Wildman–Crippen LogP) is 2.50. The highest BCUT2D eigenvalue weighted by molar-refractivity contribution is 5.28. The molecule has 0 saturated carbocycles. The molecule has 0 spiro atoms. The summed E-state index contributed by atoms with van der Waals surface area (Å²) in [6.45, 7) is 1.01. The van der Waals surface area contributed by atoms with Crippen LogP contribution < -0.4 is 5.32 Å². The Morgan fingerprint density at radius 3 is 2.17 bits per heavy atom. The summed E-state index contributed by atoms with van der Waals surface area (Å²) in [5.74, 6) is -1.27. The molecule has 1 saturated heterocycles. The highest BCUT2D eigenvalue weighted by Gasteiger charge is 2.44. The third-order valence-electron chi connectivity index (χ3n) is 4.60. The van der Waals surface area contributed by atoms with Gasteiger partial charge >= 0.3 is 0 Å². The van der Waals surface area contributed by atoms with Gasteiger partial charge in [-0.1, -0.05) is 24.3 Å². The number of hydrogen-bond acceptors (Lipinski definition) is 3. The summed E-state index contributed by atoms with van der Waals surface area (Å²) in [5.41, 5.74) is -0.153. The second-order valence-electron chi connectivity index (χ2n) is 5.99. The minimum Gasteiger partial charge on any atom is -0.388 e. The average molecular weight is 319 g/mol. The maximum absolute atomic E-state index is 13.2. The highest BCUT2D eigenvalue weighted by atomic mass is 19.1. The summed E-state index contributed by atoms with van der Waals surface area (Å²) >= 11 is 0. The lowest BCUT2D eigenvalue weighted by Crippen LogP contribution is -2.50. The van der Waals surface area contributed by atoms with E-state index in [0.717, 1.165) is 0 Å². The first-order valence-electron chi connectivity index (χ1n) is 7.63. The summed E-state index contributed by atoms with van der Waals surface area (Å²) < 4.78 is 26.2. The van der Waals surface area contributed by atoms with Crippen molar-refractivity contribution in [1.29, 1.82) is 0 Å². The molecule has 122 valence electrons. The van der Waals surface area contributed by atoms with Gasteiger partial charge in [-0.3, -0.25) is 0 Å². The Hall–Kier alpha value is -1.82. The van der Waals surface area contributed by atoms with E-state index in [9.17, 15) is 19.0 Å². The Morgan fingerprint density at radius 1 is 1.00 bits per heavy atom. The summed E-state index contributed by atoms with van der Waals surface area (Å²) in [6, 6.07) is 11.3. The first-order chi connectivity index (χ1) is 11.0. The molecule has 3 N–H and O–H groups in total. The molecular formula is C18H19F2NO2. The van der Waals surface area contributed by atoms with Crippen LogP contribution in [-0.2, 0) is 5.60 Å². The zero-order chi connectivity index (χ0) is 16.4. The molecule has 3 atom stereocenters. The third kappa shape index (κ3) is 3.13. The number of hydrogen-bond donors (Lipinski definition) is 3. The monoisotopic (exact) mass is 319 g/mol. The van der Waals surface area contributed by atoms with Gasteiger partial charge in [0.1, 0.15) is 11.6 Å². The molecule has 0 amide bonds. The molecule has 2 aromatic rings. The maximum atomic E-state index is 13.2. The first kappa shape index (κ1) is 16.1. The Kier molecular flexibility index (Phi) is 4.43. The van der Waals surface area contributed by atoms with E-state index in [0.29, 0.717) is 30.6 Å². The third-order valence-corrected chi connectivity index (χ3v) is 4.60. The Labute approximate surface area is 133 Å². The highest BCUT2D eigenvalue weighted by Crippen LogP contribution is 2.41. The molecule has 0 bridgehead atoms. The van der Waals surface area contributed by atoms with Gasteiger partial charge in [0.05, 0.1) is 11.7 Å². The van der Waals surface area contributed by atoms with Crippen LogP contribution in [0.2, 0.25) is 0 Å². The number of rotatable bonds is 3. The lowest BCUT2D eigenvalue weighted by Gasteiger charge is -2.43.